The number of hydrogen-bond donors (Lipinski definition) is 2. The lowest BCUT2D eigenvalue weighted by Crippen LogP contribution is -2.42. The number of nitrogens with one attached hydrogen (secondary N) is 1. The number of amides is 1. The van der Waals surface area contributed by atoms with Gasteiger partial charge in [-0.1, -0.05) is 81.1 Å². The molecule has 0 aliphatic rings. The van der Waals surface area contributed by atoms with Crippen LogP contribution in [0.1, 0.15) is 59.8 Å². The Morgan fingerprint density at radius 3 is 2.27 bits per heavy atom. The van der Waals surface area contributed by atoms with E-state index in [1.165, 1.54) is 37.0 Å². The molecule has 0 radical (unpaired) electrons. The van der Waals surface area contributed by atoms with Gasteiger partial charge in [0.15, 0.2) is 5.82 Å². The summed E-state index contributed by atoms with van der Waals surface area (Å²) in [6.45, 7) is 4.95. The molecular formula is C36H37N3O4S. The maximum atomic E-state index is 12.9. The number of carbonyl (C=O) groups excluding carboxylic acids is 1. The summed E-state index contributed by atoms with van der Waals surface area (Å²) in [6, 6.07) is 22.1. The van der Waals surface area contributed by atoms with Crippen LogP contribution in [0.4, 0.5) is 0 Å². The van der Waals surface area contributed by atoms with E-state index in [0.29, 0.717) is 10.7 Å². The second kappa shape index (κ2) is 14.8. The highest BCUT2D eigenvalue weighted by atomic mass is 32.1. The number of carbonyl (C=O) groups is 2. The van der Waals surface area contributed by atoms with Crippen LogP contribution >= 0.6 is 11.3 Å². The summed E-state index contributed by atoms with van der Waals surface area (Å²) in [5, 5.41) is 13.5. The van der Waals surface area contributed by atoms with Crippen LogP contribution in [-0.4, -0.2) is 39.6 Å². The van der Waals surface area contributed by atoms with Crippen LogP contribution in [0.25, 0.3) is 32.6 Å². The quantitative estimate of drug-likeness (QED) is 0.124. The van der Waals surface area contributed by atoms with Crippen LogP contribution in [0, 0.1) is 6.92 Å². The molecule has 5 rings (SSSR count). The standard InChI is InChI=1S/C36H37N3O4S/c1-3-4-5-6-7-18-43-30-16-14-26(15-17-30)29-22-37-34(38-23-29)27-12-9-25(10-13-27)20-31(36(41)42)39-35(40)33-21-28-11-8-24(2)19-32(28)44-33/h8-17,19,21-23,31H,3-7,18,20H2,1-2H3,(H,39,40)(H,41,42). The second-order valence-electron chi connectivity index (χ2n) is 11.0. The van der Waals surface area contributed by atoms with Crippen molar-refractivity contribution in [3.05, 3.63) is 101 Å². The van der Waals surface area contributed by atoms with Gasteiger partial charge in [0.1, 0.15) is 11.8 Å². The number of carboxylic acids is 1. The van der Waals surface area contributed by atoms with Crippen molar-refractivity contribution in [2.45, 2.75) is 58.4 Å². The summed E-state index contributed by atoms with van der Waals surface area (Å²) in [7, 11) is 0. The third-order valence-corrected chi connectivity index (χ3v) is 8.61. The topological polar surface area (TPSA) is 101 Å². The van der Waals surface area contributed by atoms with E-state index in [9.17, 15) is 14.7 Å². The number of aryl methyl sites for hydroxylation is 1. The minimum absolute atomic E-state index is 0.156. The molecule has 1 unspecified atom stereocenters. The molecule has 0 fully saturated rings. The monoisotopic (exact) mass is 607 g/mol. The summed E-state index contributed by atoms with van der Waals surface area (Å²) in [5.74, 6) is -0.0326. The fraction of sp³-hybridized carbons (Fsp3) is 0.278. The molecule has 2 N–H and O–H groups in total. The molecule has 0 spiro atoms. The van der Waals surface area contributed by atoms with Crippen molar-refractivity contribution in [2.75, 3.05) is 6.61 Å². The van der Waals surface area contributed by atoms with Gasteiger partial charge in [-0.05, 0) is 59.7 Å². The Hall–Kier alpha value is -4.56. The summed E-state index contributed by atoms with van der Waals surface area (Å²) in [4.78, 5) is 34.5. The molecule has 2 heterocycles. The molecule has 0 saturated carbocycles. The first-order chi connectivity index (χ1) is 21.4. The number of unbranched alkanes of at least 4 members (excludes halogenated alkanes) is 4. The van der Waals surface area contributed by atoms with Gasteiger partial charge < -0.3 is 15.2 Å². The van der Waals surface area contributed by atoms with Crippen molar-refractivity contribution in [3.63, 3.8) is 0 Å². The number of thiophene rings is 1. The average Bonchev–Trinajstić information content (AvgIpc) is 3.47. The first-order valence-electron chi connectivity index (χ1n) is 15.1. The molecule has 0 aliphatic heterocycles. The van der Waals surface area contributed by atoms with Gasteiger partial charge in [0.25, 0.3) is 5.91 Å². The molecule has 0 saturated heterocycles. The van der Waals surface area contributed by atoms with Crippen molar-refractivity contribution >= 4 is 33.3 Å². The highest BCUT2D eigenvalue weighted by Gasteiger charge is 2.22. The minimum Gasteiger partial charge on any atom is -0.494 e. The lowest BCUT2D eigenvalue weighted by Gasteiger charge is -2.14. The highest BCUT2D eigenvalue weighted by molar-refractivity contribution is 7.20. The summed E-state index contributed by atoms with van der Waals surface area (Å²) in [6.07, 6.45) is 9.81. The van der Waals surface area contributed by atoms with Gasteiger partial charge in [-0.15, -0.1) is 11.3 Å². The van der Waals surface area contributed by atoms with E-state index < -0.39 is 12.0 Å². The molecule has 1 amide bonds. The molecule has 0 aliphatic carbocycles. The van der Waals surface area contributed by atoms with Gasteiger partial charge in [-0.3, -0.25) is 4.79 Å². The smallest absolute Gasteiger partial charge is 0.326 e. The zero-order valence-corrected chi connectivity index (χ0v) is 25.9. The zero-order chi connectivity index (χ0) is 30.9. The van der Waals surface area contributed by atoms with Gasteiger partial charge >= 0.3 is 5.97 Å². The van der Waals surface area contributed by atoms with Crippen LogP contribution < -0.4 is 10.1 Å². The summed E-state index contributed by atoms with van der Waals surface area (Å²) < 4.78 is 6.87. The van der Waals surface area contributed by atoms with Crippen molar-refractivity contribution in [3.8, 4) is 28.3 Å². The van der Waals surface area contributed by atoms with Gasteiger partial charge in [-0.2, -0.15) is 0 Å². The Kier molecular flexibility index (Phi) is 10.4. The summed E-state index contributed by atoms with van der Waals surface area (Å²) >= 11 is 1.36. The number of aromatic nitrogens is 2. The molecule has 44 heavy (non-hydrogen) atoms. The molecular weight excluding hydrogens is 570 g/mol. The minimum atomic E-state index is -1.08. The van der Waals surface area contributed by atoms with E-state index >= 15 is 0 Å². The van der Waals surface area contributed by atoms with E-state index in [1.807, 2.05) is 73.7 Å². The number of hydrogen-bond acceptors (Lipinski definition) is 6. The zero-order valence-electron chi connectivity index (χ0n) is 25.1. The molecule has 5 aromatic rings. The molecule has 1 atom stereocenters. The fourth-order valence-electron chi connectivity index (χ4n) is 4.97. The van der Waals surface area contributed by atoms with Gasteiger partial charge in [0.2, 0.25) is 0 Å². The van der Waals surface area contributed by atoms with Crippen LogP contribution in [-0.2, 0) is 11.2 Å². The second-order valence-corrected chi connectivity index (χ2v) is 12.1. The summed E-state index contributed by atoms with van der Waals surface area (Å²) in [5.41, 5.74) is 4.63. The molecule has 8 heteroatoms. The highest BCUT2D eigenvalue weighted by Crippen LogP contribution is 2.27. The molecule has 2 aromatic heterocycles. The number of benzene rings is 3. The molecule has 226 valence electrons. The largest absolute Gasteiger partial charge is 0.494 e. The SMILES string of the molecule is CCCCCCCOc1ccc(-c2cnc(-c3ccc(CC(NC(=O)c4cc5ccc(C)cc5s4)C(=O)O)cc3)nc2)cc1. The molecule has 3 aromatic carbocycles. The van der Waals surface area contributed by atoms with E-state index in [0.717, 1.165) is 56.7 Å². The molecule has 7 nitrogen and oxygen atoms in total. The Morgan fingerprint density at radius 1 is 0.864 bits per heavy atom. The van der Waals surface area contributed by atoms with Gasteiger partial charge in [0, 0.05) is 34.6 Å². The Morgan fingerprint density at radius 2 is 1.57 bits per heavy atom. The van der Waals surface area contributed by atoms with E-state index in [4.69, 9.17) is 4.74 Å². The van der Waals surface area contributed by atoms with Crippen molar-refractivity contribution in [1.82, 2.24) is 15.3 Å². The van der Waals surface area contributed by atoms with Crippen molar-refractivity contribution in [1.29, 1.82) is 0 Å². The lowest BCUT2D eigenvalue weighted by atomic mass is 10.0. The predicted octanol–water partition coefficient (Wildman–Crippen LogP) is 8.11. The third-order valence-electron chi connectivity index (χ3n) is 7.51. The number of nitrogens with zero attached hydrogens (tertiary/aromatic N) is 2. The molecule has 0 bridgehead atoms. The Bertz CT molecular complexity index is 1700. The first kappa shape index (κ1) is 30.9. The predicted molar refractivity (Wildman–Crippen MR) is 176 cm³/mol. The van der Waals surface area contributed by atoms with Crippen LogP contribution in [0.3, 0.4) is 0 Å². The van der Waals surface area contributed by atoms with Gasteiger partial charge in [-0.25, -0.2) is 14.8 Å². The maximum absolute atomic E-state index is 12.9. The van der Waals surface area contributed by atoms with Crippen molar-refractivity contribution < 1.29 is 19.4 Å². The normalized spacial score (nSPS) is 11.8. The Balaban J connectivity index is 1.16. The van der Waals surface area contributed by atoms with Crippen molar-refractivity contribution in [2.24, 2.45) is 0 Å². The third kappa shape index (κ3) is 8.08. The number of fused-ring (bicyclic) bond motifs is 1. The van der Waals surface area contributed by atoms with Gasteiger partial charge in [0.05, 0.1) is 11.5 Å². The van der Waals surface area contributed by atoms with E-state index in [-0.39, 0.29) is 12.3 Å². The van der Waals surface area contributed by atoms with Crippen LogP contribution in [0.2, 0.25) is 0 Å². The lowest BCUT2D eigenvalue weighted by molar-refractivity contribution is -0.139. The number of aliphatic carboxylic acids is 1. The number of carboxylic acid groups (broad SMARTS) is 1. The van der Waals surface area contributed by atoms with E-state index in [1.54, 1.807) is 18.5 Å². The maximum Gasteiger partial charge on any atom is 0.326 e. The fourth-order valence-corrected chi connectivity index (χ4v) is 6.03. The number of ether oxygens (including phenoxy) is 1. The average molecular weight is 608 g/mol. The van der Waals surface area contributed by atoms with E-state index in [2.05, 4.69) is 22.2 Å². The Labute approximate surface area is 262 Å². The first-order valence-corrected chi connectivity index (χ1v) is 15.9. The van der Waals surface area contributed by atoms with Crippen LogP contribution in [0.5, 0.6) is 5.75 Å². The number of rotatable bonds is 14. The van der Waals surface area contributed by atoms with Crippen LogP contribution in [0.15, 0.2) is 85.2 Å².